The fourth-order valence-corrected chi connectivity index (χ4v) is 1.32. The molecule has 4 heteroatoms. The van der Waals surface area contributed by atoms with Crippen LogP contribution in [0.3, 0.4) is 0 Å². The number of rotatable bonds is 3. The lowest BCUT2D eigenvalue weighted by Crippen LogP contribution is -3.00. The summed E-state index contributed by atoms with van der Waals surface area (Å²) in [5.41, 5.74) is 1.11. The molecule has 1 aromatic rings. The van der Waals surface area contributed by atoms with Crippen molar-refractivity contribution < 1.29 is 17.0 Å². The second-order valence-corrected chi connectivity index (χ2v) is 3.95. The van der Waals surface area contributed by atoms with Gasteiger partial charge in [0.2, 0.25) is 0 Å². The maximum atomic E-state index is 6.02. The Kier molecular flexibility index (Phi) is 5.45. The molecule has 0 aliphatic carbocycles. The minimum Gasteiger partial charge on any atom is -1.00 e. The van der Waals surface area contributed by atoms with Gasteiger partial charge in [-0.1, -0.05) is 29.8 Å². The van der Waals surface area contributed by atoms with Crippen LogP contribution in [-0.2, 0) is 6.54 Å². The van der Waals surface area contributed by atoms with E-state index in [1.54, 1.807) is 0 Å². The van der Waals surface area contributed by atoms with Crippen LogP contribution in [0.25, 0.3) is 0 Å². The Balaban J connectivity index is 0.00000169. The summed E-state index contributed by atoms with van der Waals surface area (Å²) in [6, 6.07) is 7.82. The Labute approximate surface area is 96.6 Å². The SMILES string of the molecule is CC[N+](C)(N)Cc1ccccc1Cl.[Cl-]. The van der Waals surface area contributed by atoms with Gasteiger partial charge in [-0.2, -0.15) is 5.84 Å². The van der Waals surface area contributed by atoms with Gasteiger partial charge < -0.3 is 12.4 Å². The standard InChI is InChI=1S/C10H16ClN2.ClH/c1-3-13(2,12)8-9-6-4-5-7-10(9)11;/h4-7H,3,8,12H2,1-2H3;1H/q+1;/p-1. The molecule has 0 heterocycles. The van der Waals surface area contributed by atoms with Crippen LogP contribution in [0.5, 0.6) is 0 Å². The van der Waals surface area contributed by atoms with Crippen LogP contribution in [0, 0.1) is 0 Å². The molecule has 0 saturated heterocycles. The molecule has 0 aliphatic heterocycles. The van der Waals surface area contributed by atoms with Crippen LogP contribution in [0.2, 0.25) is 5.02 Å². The van der Waals surface area contributed by atoms with Gasteiger partial charge in [-0.05, 0) is 13.0 Å². The zero-order valence-corrected chi connectivity index (χ0v) is 10.0. The molecule has 0 amide bonds. The number of benzene rings is 1. The fourth-order valence-electron chi connectivity index (χ4n) is 1.13. The van der Waals surface area contributed by atoms with Crippen LogP contribution in [0.1, 0.15) is 12.5 Å². The third-order valence-electron chi connectivity index (χ3n) is 2.21. The Morgan fingerprint density at radius 3 is 2.43 bits per heavy atom. The van der Waals surface area contributed by atoms with Crippen molar-refractivity contribution in [2.45, 2.75) is 13.5 Å². The molecule has 80 valence electrons. The van der Waals surface area contributed by atoms with Gasteiger partial charge in [-0.15, -0.1) is 0 Å². The zero-order valence-electron chi connectivity index (χ0n) is 8.50. The average Bonchev–Trinajstić information content (AvgIpc) is 2.09. The molecular formula is C10H16Cl2N2. The van der Waals surface area contributed by atoms with Gasteiger partial charge in [0, 0.05) is 10.6 Å². The monoisotopic (exact) mass is 234 g/mol. The van der Waals surface area contributed by atoms with Crippen LogP contribution in [0.15, 0.2) is 24.3 Å². The van der Waals surface area contributed by atoms with E-state index in [1.807, 2.05) is 31.3 Å². The van der Waals surface area contributed by atoms with Crippen molar-refractivity contribution >= 4 is 11.6 Å². The molecule has 0 bridgehead atoms. The number of hydrogen-bond donors (Lipinski definition) is 1. The van der Waals surface area contributed by atoms with Gasteiger partial charge >= 0.3 is 0 Å². The van der Waals surface area contributed by atoms with Crippen LogP contribution < -0.4 is 18.2 Å². The Morgan fingerprint density at radius 1 is 1.36 bits per heavy atom. The predicted molar refractivity (Wildman–Crippen MR) is 56.1 cm³/mol. The van der Waals surface area contributed by atoms with Crippen molar-refractivity contribution in [2.75, 3.05) is 13.6 Å². The van der Waals surface area contributed by atoms with E-state index in [0.717, 1.165) is 23.7 Å². The van der Waals surface area contributed by atoms with Gasteiger partial charge in [0.05, 0.1) is 13.6 Å². The van der Waals surface area contributed by atoms with E-state index in [9.17, 15) is 0 Å². The average molecular weight is 235 g/mol. The zero-order chi connectivity index (χ0) is 9.90. The Bertz CT molecular complexity index is 287. The Hall–Kier alpha value is -0.280. The molecule has 14 heavy (non-hydrogen) atoms. The van der Waals surface area contributed by atoms with E-state index in [2.05, 4.69) is 6.92 Å². The normalized spacial score (nSPS) is 14.3. The highest BCUT2D eigenvalue weighted by molar-refractivity contribution is 6.31. The smallest absolute Gasteiger partial charge is 0.123 e. The minimum absolute atomic E-state index is 0. The van der Waals surface area contributed by atoms with E-state index in [4.69, 9.17) is 17.4 Å². The van der Waals surface area contributed by atoms with Gasteiger partial charge in [0.1, 0.15) is 6.54 Å². The summed E-state index contributed by atoms with van der Waals surface area (Å²) in [5.74, 6) is 6.00. The lowest BCUT2D eigenvalue weighted by Gasteiger charge is -2.26. The fraction of sp³-hybridized carbons (Fsp3) is 0.400. The molecule has 1 rings (SSSR count). The predicted octanol–water partition coefficient (Wildman–Crippen LogP) is -0.816. The molecule has 0 saturated carbocycles. The topological polar surface area (TPSA) is 26.0 Å². The van der Waals surface area contributed by atoms with Gasteiger partial charge in [0.15, 0.2) is 0 Å². The first-order valence-electron chi connectivity index (χ1n) is 4.41. The molecular weight excluding hydrogens is 219 g/mol. The van der Waals surface area contributed by atoms with Gasteiger partial charge in [0.25, 0.3) is 0 Å². The highest BCUT2D eigenvalue weighted by Crippen LogP contribution is 2.17. The number of quaternary nitrogens is 1. The van der Waals surface area contributed by atoms with E-state index < -0.39 is 0 Å². The third-order valence-corrected chi connectivity index (χ3v) is 2.58. The third kappa shape index (κ3) is 3.84. The Morgan fingerprint density at radius 2 is 1.93 bits per heavy atom. The second kappa shape index (κ2) is 5.56. The van der Waals surface area contributed by atoms with Crippen molar-refractivity contribution in [3.63, 3.8) is 0 Å². The molecule has 1 aromatic carbocycles. The molecule has 0 aliphatic rings. The lowest BCUT2D eigenvalue weighted by atomic mass is 10.2. The largest absolute Gasteiger partial charge is 1.00 e. The number of nitrogens with two attached hydrogens (primary N) is 1. The summed E-state index contributed by atoms with van der Waals surface area (Å²) in [6.45, 7) is 3.73. The summed E-state index contributed by atoms with van der Waals surface area (Å²) in [6.07, 6.45) is 0. The summed E-state index contributed by atoms with van der Waals surface area (Å²) in [7, 11) is 1.99. The summed E-state index contributed by atoms with van der Waals surface area (Å²) in [4.78, 5) is 0. The number of nitrogens with zero attached hydrogens (tertiary/aromatic N) is 1. The van der Waals surface area contributed by atoms with E-state index >= 15 is 0 Å². The van der Waals surface area contributed by atoms with Crippen molar-refractivity contribution in [3.8, 4) is 0 Å². The van der Waals surface area contributed by atoms with E-state index in [0.29, 0.717) is 4.59 Å². The molecule has 0 fully saturated rings. The lowest BCUT2D eigenvalue weighted by molar-refractivity contribution is -0.932. The first kappa shape index (κ1) is 13.7. The van der Waals surface area contributed by atoms with Crippen molar-refractivity contribution in [3.05, 3.63) is 34.9 Å². The van der Waals surface area contributed by atoms with Crippen molar-refractivity contribution in [2.24, 2.45) is 5.84 Å². The highest BCUT2D eigenvalue weighted by atomic mass is 35.5. The van der Waals surface area contributed by atoms with Crippen molar-refractivity contribution in [1.29, 1.82) is 0 Å². The molecule has 1 atom stereocenters. The molecule has 2 nitrogen and oxygen atoms in total. The molecule has 0 radical (unpaired) electrons. The first-order valence-corrected chi connectivity index (χ1v) is 4.79. The minimum atomic E-state index is 0. The molecule has 0 aromatic heterocycles. The van der Waals surface area contributed by atoms with Crippen LogP contribution >= 0.6 is 11.6 Å². The summed E-state index contributed by atoms with van der Waals surface area (Å²) >= 11 is 6.02. The van der Waals surface area contributed by atoms with Crippen LogP contribution in [0.4, 0.5) is 0 Å². The maximum Gasteiger partial charge on any atom is 0.123 e. The highest BCUT2D eigenvalue weighted by Gasteiger charge is 2.15. The van der Waals surface area contributed by atoms with Gasteiger partial charge in [-0.25, -0.2) is 4.59 Å². The van der Waals surface area contributed by atoms with Crippen molar-refractivity contribution in [1.82, 2.24) is 0 Å². The molecule has 0 spiro atoms. The summed E-state index contributed by atoms with van der Waals surface area (Å²) in [5, 5.41) is 0.797. The molecule has 1 unspecified atom stereocenters. The number of halogens is 2. The van der Waals surface area contributed by atoms with Crippen LogP contribution in [-0.4, -0.2) is 18.2 Å². The number of hydrogen-bond acceptors (Lipinski definition) is 1. The van der Waals surface area contributed by atoms with E-state index in [-0.39, 0.29) is 12.4 Å². The first-order chi connectivity index (χ1) is 6.05. The maximum absolute atomic E-state index is 6.02. The second-order valence-electron chi connectivity index (χ2n) is 3.55. The van der Waals surface area contributed by atoms with E-state index in [1.165, 1.54) is 0 Å². The summed E-state index contributed by atoms with van der Waals surface area (Å²) < 4.78 is 0.476. The quantitative estimate of drug-likeness (QED) is 0.413. The van der Waals surface area contributed by atoms with Gasteiger partial charge in [-0.3, -0.25) is 0 Å². The molecule has 2 N–H and O–H groups in total.